The van der Waals surface area contributed by atoms with Crippen LogP contribution in [-0.2, 0) is 9.53 Å². The van der Waals surface area contributed by atoms with Crippen LogP contribution >= 0.6 is 0 Å². The van der Waals surface area contributed by atoms with Gasteiger partial charge >= 0.3 is 5.97 Å². The minimum absolute atomic E-state index is 0.0226. The third-order valence-electron chi connectivity index (χ3n) is 1.81. The van der Waals surface area contributed by atoms with Gasteiger partial charge in [-0.15, -0.1) is 0 Å². The molecule has 1 atom stereocenters. The van der Waals surface area contributed by atoms with Gasteiger partial charge in [-0.25, -0.2) is 0 Å². The Hall–Kier alpha value is -0.530. The van der Waals surface area contributed by atoms with E-state index in [0.29, 0.717) is 12.8 Å². The van der Waals surface area contributed by atoms with Gasteiger partial charge in [-0.3, -0.25) is 4.79 Å². The Balaban J connectivity index is 3.52. The summed E-state index contributed by atoms with van der Waals surface area (Å²) in [5, 5.41) is 0. The second-order valence-corrected chi connectivity index (χ2v) is 2.91. The summed E-state index contributed by atoms with van der Waals surface area (Å²) < 4.78 is 5.15. The smallest absolute Gasteiger partial charge is 0.306 e. The van der Waals surface area contributed by atoms with Crippen molar-refractivity contribution in [3.05, 3.63) is 6.92 Å². The van der Waals surface area contributed by atoms with Crippen molar-refractivity contribution >= 4 is 5.97 Å². The molecule has 0 fully saturated rings. The number of hydrogen-bond acceptors (Lipinski definition) is 2. The van der Waals surface area contributed by atoms with E-state index in [0.717, 1.165) is 19.3 Å². The van der Waals surface area contributed by atoms with Crippen LogP contribution in [0.5, 0.6) is 0 Å². The summed E-state index contributed by atoms with van der Waals surface area (Å²) in [4.78, 5) is 11.1. The Morgan fingerprint density at radius 1 is 1.50 bits per heavy atom. The highest BCUT2D eigenvalue weighted by Crippen LogP contribution is 2.05. The van der Waals surface area contributed by atoms with Crippen molar-refractivity contribution in [3.63, 3.8) is 0 Å². The largest absolute Gasteiger partial charge is 0.462 e. The van der Waals surface area contributed by atoms with Gasteiger partial charge < -0.3 is 4.74 Å². The number of carbonyl (C=O) groups excluding carboxylic acids is 1. The molecule has 0 rings (SSSR count). The van der Waals surface area contributed by atoms with Crippen molar-refractivity contribution in [3.8, 4) is 0 Å². The zero-order valence-corrected chi connectivity index (χ0v) is 8.14. The quantitative estimate of drug-likeness (QED) is 0.574. The molecule has 1 unspecified atom stereocenters. The molecular formula is C10H19O2. The molecule has 2 heteroatoms. The van der Waals surface area contributed by atoms with Crippen LogP contribution in [0.3, 0.4) is 0 Å². The van der Waals surface area contributed by atoms with Gasteiger partial charge in [-0.05, 0) is 26.2 Å². The fourth-order valence-electron chi connectivity index (χ4n) is 0.912. The summed E-state index contributed by atoms with van der Waals surface area (Å²) in [6, 6.07) is 0. The molecule has 0 spiro atoms. The average Bonchev–Trinajstić information content (AvgIpc) is 2.10. The number of unbranched alkanes of at least 4 members (excludes halogenated alkanes) is 1. The third-order valence-corrected chi connectivity index (χ3v) is 1.81. The maximum Gasteiger partial charge on any atom is 0.306 e. The van der Waals surface area contributed by atoms with Crippen LogP contribution in [0.15, 0.2) is 0 Å². The summed E-state index contributed by atoms with van der Waals surface area (Å²) in [7, 11) is 0. The number of carbonyl (C=O) groups is 1. The van der Waals surface area contributed by atoms with Crippen molar-refractivity contribution in [2.45, 2.75) is 52.1 Å². The predicted octanol–water partition coefficient (Wildman–Crippen LogP) is 2.72. The van der Waals surface area contributed by atoms with Crippen molar-refractivity contribution in [2.24, 2.45) is 0 Å². The van der Waals surface area contributed by atoms with E-state index < -0.39 is 0 Å². The SMILES string of the molecule is [CH2]CC(CC)OC(=O)CCCC. The van der Waals surface area contributed by atoms with Gasteiger partial charge in [0.2, 0.25) is 0 Å². The van der Waals surface area contributed by atoms with Gasteiger partial charge in [0.05, 0.1) is 0 Å². The molecule has 0 aliphatic heterocycles. The van der Waals surface area contributed by atoms with Crippen molar-refractivity contribution < 1.29 is 9.53 Å². The Morgan fingerprint density at radius 3 is 2.58 bits per heavy atom. The molecular weight excluding hydrogens is 152 g/mol. The van der Waals surface area contributed by atoms with Crippen LogP contribution in [-0.4, -0.2) is 12.1 Å². The first-order valence-electron chi connectivity index (χ1n) is 4.73. The van der Waals surface area contributed by atoms with Crippen molar-refractivity contribution in [2.75, 3.05) is 0 Å². The molecule has 71 valence electrons. The lowest BCUT2D eigenvalue weighted by Crippen LogP contribution is -2.16. The van der Waals surface area contributed by atoms with E-state index in [1.54, 1.807) is 0 Å². The number of hydrogen-bond donors (Lipinski definition) is 0. The van der Waals surface area contributed by atoms with Crippen LogP contribution in [0, 0.1) is 6.92 Å². The van der Waals surface area contributed by atoms with Gasteiger partial charge in [-0.2, -0.15) is 0 Å². The minimum Gasteiger partial charge on any atom is -0.462 e. The molecule has 1 radical (unpaired) electrons. The normalized spacial score (nSPS) is 10.3. The Labute approximate surface area is 75.3 Å². The van der Waals surface area contributed by atoms with Crippen molar-refractivity contribution in [1.82, 2.24) is 0 Å². The first kappa shape index (κ1) is 11.5. The molecule has 0 aromatic heterocycles. The van der Waals surface area contributed by atoms with E-state index in [-0.39, 0.29) is 12.1 Å². The van der Waals surface area contributed by atoms with E-state index in [1.807, 2.05) is 6.92 Å². The second kappa shape index (κ2) is 7.14. The van der Waals surface area contributed by atoms with Gasteiger partial charge in [-0.1, -0.05) is 20.3 Å². The zero-order chi connectivity index (χ0) is 9.40. The number of esters is 1. The Morgan fingerprint density at radius 2 is 2.17 bits per heavy atom. The first-order chi connectivity index (χ1) is 5.74. The Bertz CT molecular complexity index is 117. The Kier molecular flexibility index (Phi) is 6.82. The number of rotatable bonds is 6. The monoisotopic (exact) mass is 171 g/mol. The topological polar surface area (TPSA) is 26.3 Å². The van der Waals surface area contributed by atoms with Crippen LogP contribution in [0.2, 0.25) is 0 Å². The summed E-state index contributed by atoms with van der Waals surface area (Å²) in [5.41, 5.74) is 0. The van der Waals surface area contributed by atoms with E-state index in [2.05, 4.69) is 13.8 Å². The maximum atomic E-state index is 11.1. The minimum atomic E-state index is -0.0765. The van der Waals surface area contributed by atoms with E-state index >= 15 is 0 Å². The standard InChI is InChI=1S/C10H19O2/c1-4-7-8-10(11)12-9(5-2)6-3/h9H,2,4-8H2,1,3H3. The summed E-state index contributed by atoms with van der Waals surface area (Å²) in [5.74, 6) is -0.0765. The lowest BCUT2D eigenvalue weighted by molar-refractivity contribution is -0.149. The van der Waals surface area contributed by atoms with Crippen LogP contribution in [0.1, 0.15) is 46.0 Å². The molecule has 2 nitrogen and oxygen atoms in total. The molecule has 12 heavy (non-hydrogen) atoms. The van der Waals surface area contributed by atoms with Gasteiger partial charge in [0.25, 0.3) is 0 Å². The molecule has 0 bridgehead atoms. The molecule has 0 heterocycles. The molecule has 0 aromatic rings. The summed E-state index contributed by atoms with van der Waals surface area (Å²) >= 11 is 0. The fraction of sp³-hybridized carbons (Fsp3) is 0.800. The van der Waals surface area contributed by atoms with Crippen LogP contribution in [0.4, 0.5) is 0 Å². The lowest BCUT2D eigenvalue weighted by Gasteiger charge is -2.13. The highest BCUT2D eigenvalue weighted by atomic mass is 16.5. The molecule has 0 aliphatic rings. The molecule has 0 saturated carbocycles. The summed E-state index contributed by atoms with van der Waals surface area (Å²) in [6.07, 6.45) is 4.07. The van der Waals surface area contributed by atoms with Gasteiger partial charge in [0, 0.05) is 6.42 Å². The third kappa shape index (κ3) is 5.16. The van der Waals surface area contributed by atoms with Crippen LogP contribution < -0.4 is 0 Å². The van der Waals surface area contributed by atoms with E-state index in [4.69, 9.17) is 4.74 Å². The van der Waals surface area contributed by atoms with Gasteiger partial charge in [0.15, 0.2) is 0 Å². The summed E-state index contributed by atoms with van der Waals surface area (Å²) in [6.45, 7) is 7.78. The van der Waals surface area contributed by atoms with Crippen molar-refractivity contribution in [1.29, 1.82) is 0 Å². The molecule has 0 amide bonds. The van der Waals surface area contributed by atoms with E-state index in [9.17, 15) is 4.79 Å². The lowest BCUT2D eigenvalue weighted by atomic mass is 10.2. The highest BCUT2D eigenvalue weighted by molar-refractivity contribution is 5.69. The molecule has 0 aliphatic carbocycles. The fourth-order valence-corrected chi connectivity index (χ4v) is 0.912. The zero-order valence-electron chi connectivity index (χ0n) is 8.14. The first-order valence-corrected chi connectivity index (χ1v) is 4.73. The predicted molar refractivity (Wildman–Crippen MR) is 49.7 cm³/mol. The van der Waals surface area contributed by atoms with Crippen LogP contribution in [0.25, 0.3) is 0 Å². The maximum absolute atomic E-state index is 11.1. The highest BCUT2D eigenvalue weighted by Gasteiger charge is 2.08. The molecule has 0 N–H and O–H groups in total. The molecule has 0 saturated heterocycles. The number of ether oxygens (including phenoxy) is 1. The molecule has 0 aromatic carbocycles. The average molecular weight is 171 g/mol. The van der Waals surface area contributed by atoms with E-state index in [1.165, 1.54) is 0 Å². The van der Waals surface area contributed by atoms with Gasteiger partial charge in [0.1, 0.15) is 6.10 Å². The second-order valence-electron chi connectivity index (χ2n) is 2.91.